The zero-order valence-corrected chi connectivity index (χ0v) is 10.2. The third-order valence-electron chi connectivity index (χ3n) is 2.14. The van der Waals surface area contributed by atoms with Crippen LogP contribution in [0.2, 0.25) is 0 Å². The van der Waals surface area contributed by atoms with Crippen molar-refractivity contribution in [1.29, 1.82) is 0 Å². The highest BCUT2D eigenvalue weighted by molar-refractivity contribution is 5.69. The number of rotatable bonds is 7. The van der Waals surface area contributed by atoms with Crippen molar-refractivity contribution in [1.82, 2.24) is 5.32 Å². The molecule has 0 fully saturated rings. The van der Waals surface area contributed by atoms with Crippen molar-refractivity contribution < 1.29 is 14.6 Å². The molecule has 4 heteroatoms. The van der Waals surface area contributed by atoms with Gasteiger partial charge >= 0.3 is 5.97 Å². The van der Waals surface area contributed by atoms with Crippen molar-refractivity contribution in [2.75, 3.05) is 19.8 Å². The van der Waals surface area contributed by atoms with Crippen LogP contribution in [0, 0.1) is 5.41 Å². The predicted molar refractivity (Wildman–Crippen MR) is 59.6 cm³/mol. The lowest BCUT2D eigenvalue weighted by molar-refractivity contribution is -0.143. The van der Waals surface area contributed by atoms with Crippen LogP contribution in [0.25, 0.3) is 0 Å². The average Bonchev–Trinajstić information content (AvgIpc) is 2.15. The van der Waals surface area contributed by atoms with Crippen LogP contribution in [0.15, 0.2) is 0 Å². The molecule has 0 spiro atoms. The standard InChI is InChI=1S/C11H23NO3/c1-5-15-10(14)6-9(2)12-7-11(3,4)8-13/h9,12-13H,5-8H2,1-4H3. The minimum absolute atomic E-state index is 0.0786. The van der Waals surface area contributed by atoms with E-state index in [4.69, 9.17) is 9.84 Å². The minimum atomic E-state index is -0.181. The molecule has 0 aromatic carbocycles. The first-order chi connectivity index (χ1) is 6.91. The van der Waals surface area contributed by atoms with E-state index in [0.29, 0.717) is 19.6 Å². The molecule has 0 saturated carbocycles. The van der Waals surface area contributed by atoms with E-state index >= 15 is 0 Å². The van der Waals surface area contributed by atoms with E-state index in [0.717, 1.165) is 0 Å². The maximum atomic E-state index is 11.1. The van der Waals surface area contributed by atoms with Gasteiger partial charge in [0, 0.05) is 24.6 Å². The highest BCUT2D eigenvalue weighted by Crippen LogP contribution is 2.11. The van der Waals surface area contributed by atoms with Crippen molar-refractivity contribution in [2.24, 2.45) is 5.41 Å². The second kappa shape index (κ2) is 6.80. The van der Waals surface area contributed by atoms with Gasteiger partial charge in [-0.15, -0.1) is 0 Å². The summed E-state index contributed by atoms with van der Waals surface area (Å²) in [6.45, 7) is 8.91. The zero-order chi connectivity index (χ0) is 11.9. The Morgan fingerprint density at radius 1 is 1.53 bits per heavy atom. The Balaban J connectivity index is 3.75. The van der Waals surface area contributed by atoms with Gasteiger partial charge < -0.3 is 15.2 Å². The average molecular weight is 217 g/mol. The molecule has 0 aliphatic rings. The Labute approximate surface area is 92.0 Å². The smallest absolute Gasteiger partial charge is 0.307 e. The first kappa shape index (κ1) is 14.4. The molecule has 0 aliphatic carbocycles. The largest absolute Gasteiger partial charge is 0.466 e. The molecule has 0 radical (unpaired) electrons. The lowest BCUT2D eigenvalue weighted by Crippen LogP contribution is -2.38. The molecule has 0 bridgehead atoms. The fourth-order valence-corrected chi connectivity index (χ4v) is 1.05. The van der Waals surface area contributed by atoms with E-state index in [1.54, 1.807) is 6.92 Å². The molecule has 1 unspecified atom stereocenters. The Morgan fingerprint density at radius 2 is 2.13 bits per heavy atom. The van der Waals surface area contributed by atoms with E-state index < -0.39 is 0 Å². The molecule has 0 saturated heterocycles. The molecule has 2 N–H and O–H groups in total. The van der Waals surface area contributed by atoms with E-state index in [9.17, 15) is 4.79 Å². The highest BCUT2D eigenvalue weighted by atomic mass is 16.5. The summed E-state index contributed by atoms with van der Waals surface area (Å²) in [5, 5.41) is 12.2. The third kappa shape index (κ3) is 7.33. The van der Waals surface area contributed by atoms with Crippen LogP contribution in [0.3, 0.4) is 0 Å². The molecular formula is C11H23NO3. The number of aliphatic hydroxyl groups excluding tert-OH is 1. The lowest BCUT2D eigenvalue weighted by atomic mass is 9.94. The predicted octanol–water partition coefficient (Wildman–Crippen LogP) is 0.936. The quantitative estimate of drug-likeness (QED) is 0.623. The van der Waals surface area contributed by atoms with Gasteiger partial charge in [0.2, 0.25) is 0 Å². The molecule has 0 aromatic heterocycles. The van der Waals surface area contributed by atoms with Crippen molar-refractivity contribution in [2.45, 2.75) is 40.2 Å². The molecule has 15 heavy (non-hydrogen) atoms. The molecule has 0 heterocycles. The van der Waals surface area contributed by atoms with Crippen LogP contribution < -0.4 is 5.32 Å². The second-order valence-corrected chi connectivity index (χ2v) is 4.61. The van der Waals surface area contributed by atoms with E-state index in [2.05, 4.69) is 5.32 Å². The van der Waals surface area contributed by atoms with Crippen LogP contribution >= 0.6 is 0 Å². The van der Waals surface area contributed by atoms with Gasteiger partial charge in [-0.2, -0.15) is 0 Å². The summed E-state index contributed by atoms with van der Waals surface area (Å²) in [7, 11) is 0. The number of carbonyl (C=O) groups is 1. The summed E-state index contributed by atoms with van der Waals surface area (Å²) in [6.07, 6.45) is 0.370. The topological polar surface area (TPSA) is 58.6 Å². The lowest BCUT2D eigenvalue weighted by Gasteiger charge is -2.24. The Morgan fingerprint density at radius 3 is 2.60 bits per heavy atom. The number of hydrogen-bond donors (Lipinski definition) is 2. The summed E-state index contributed by atoms with van der Waals surface area (Å²) in [5.41, 5.74) is -0.150. The van der Waals surface area contributed by atoms with Gasteiger partial charge in [-0.25, -0.2) is 0 Å². The van der Waals surface area contributed by atoms with E-state index in [1.165, 1.54) is 0 Å². The molecule has 0 aliphatic heterocycles. The minimum Gasteiger partial charge on any atom is -0.466 e. The van der Waals surface area contributed by atoms with Crippen LogP contribution in [0.4, 0.5) is 0 Å². The summed E-state index contributed by atoms with van der Waals surface area (Å²) < 4.78 is 4.84. The molecule has 0 amide bonds. The highest BCUT2D eigenvalue weighted by Gasteiger charge is 2.18. The normalized spacial score (nSPS) is 13.7. The number of nitrogens with one attached hydrogen (secondary N) is 1. The fourth-order valence-electron chi connectivity index (χ4n) is 1.05. The van der Waals surface area contributed by atoms with Crippen molar-refractivity contribution >= 4 is 5.97 Å². The number of ether oxygens (including phenoxy) is 1. The fraction of sp³-hybridized carbons (Fsp3) is 0.909. The monoisotopic (exact) mass is 217 g/mol. The van der Waals surface area contributed by atoms with Crippen LogP contribution in [0.5, 0.6) is 0 Å². The van der Waals surface area contributed by atoms with Gasteiger partial charge in [0.05, 0.1) is 13.0 Å². The second-order valence-electron chi connectivity index (χ2n) is 4.61. The van der Waals surface area contributed by atoms with Crippen LogP contribution in [-0.2, 0) is 9.53 Å². The van der Waals surface area contributed by atoms with Crippen molar-refractivity contribution in [3.63, 3.8) is 0 Å². The molecule has 0 aromatic rings. The first-order valence-corrected chi connectivity index (χ1v) is 5.41. The summed E-state index contributed by atoms with van der Waals surface area (Å²) in [5.74, 6) is -0.181. The van der Waals surface area contributed by atoms with Gasteiger partial charge in [0.1, 0.15) is 0 Å². The Hall–Kier alpha value is -0.610. The van der Waals surface area contributed by atoms with E-state index in [-0.39, 0.29) is 24.0 Å². The maximum Gasteiger partial charge on any atom is 0.307 e. The van der Waals surface area contributed by atoms with Gasteiger partial charge in [0.15, 0.2) is 0 Å². The summed E-state index contributed by atoms with van der Waals surface area (Å²) in [6, 6.07) is 0.0786. The van der Waals surface area contributed by atoms with Gasteiger partial charge in [0.25, 0.3) is 0 Å². The third-order valence-corrected chi connectivity index (χ3v) is 2.14. The number of hydrogen-bond acceptors (Lipinski definition) is 4. The summed E-state index contributed by atoms with van der Waals surface area (Å²) >= 11 is 0. The maximum absolute atomic E-state index is 11.1. The Kier molecular flexibility index (Phi) is 6.52. The molecule has 4 nitrogen and oxygen atoms in total. The number of esters is 1. The van der Waals surface area contributed by atoms with Crippen molar-refractivity contribution in [3.8, 4) is 0 Å². The van der Waals surface area contributed by atoms with Gasteiger partial charge in [-0.05, 0) is 13.8 Å². The first-order valence-electron chi connectivity index (χ1n) is 5.41. The number of aliphatic hydroxyl groups is 1. The van der Waals surface area contributed by atoms with E-state index in [1.807, 2.05) is 20.8 Å². The molecular weight excluding hydrogens is 194 g/mol. The SMILES string of the molecule is CCOC(=O)CC(C)NCC(C)(C)CO. The van der Waals surface area contributed by atoms with Gasteiger partial charge in [-0.1, -0.05) is 13.8 Å². The molecule has 90 valence electrons. The zero-order valence-electron chi connectivity index (χ0n) is 10.2. The number of carbonyl (C=O) groups excluding carboxylic acids is 1. The molecule has 0 rings (SSSR count). The van der Waals surface area contributed by atoms with Crippen LogP contribution in [-0.4, -0.2) is 36.9 Å². The van der Waals surface area contributed by atoms with Gasteiger partial charge in [-0.3, -0.25) is 4.79 Å². The molecule has 1 atom stereocenters. The van der Waals surface area contributed by atoms with Crippen LogP contribution in [0.1, 0.15) is 34.1 Å². The summed E-state index contributed by atoms with van der Waals surface area (Å²) in [4.78, 5) is 11.1. The Bertz CT molecular complexity index is 192. The van der Waals surface area contributed by atoms with Crippen molar-refractivity contribution in [3.05, 3.63) is 0 Å².